The molecule has 0 bridgehead atoms. The Morgan fingerprint density at radius 3 is 2.67 bits per heavy atom. The highest BCUT2D eigenvalue weighted by Crippen LogP contribution is 2.11. The van der Waals surface area contributed by atoms with E-state index < -0.39 is 0 Å². The van der Waals surface area contributed by atoms with Crippen LogP contribution in [0, 0.1) is 0 Å². The minimum Gasteiger partial charge on any atom is -0.369 e. The molecule has 0 radical (unpaired) electrons. The molecule has 0 fully saturated rings. The molecule has 2 heterocycles. The molecule has 0 saturated carbocycles. The first-order valence-corrected chi connectivity index (χ1v) is 3.43. The Balaban J connectivity index is 2.45. The summed E-state index contributed by atoms with van der Waals surface area (Å²) < 4.78 is 0. The van der Waals surface area contributed by atoms with Crippen molar-refractivity contribution < 1.29 is 0 Å². The number of hydrogen-bond donors (Lipinski definition) is 2. The van der Waals surface area contributed by atoms with E-state index in [1.54, 1.807) is 24.8 Å². The van der Waals surface area contributed by atoms with Gasteiger partial charge < -0.3 is 10.7 Å². The quantitative estimate of drug-likeness (QED) is 0.636. The summed E-state index contributed by atoms with van der Waals surface area (Å²) >= 11 is 0. The molecule has 0 spiro atoms. The van der Waals surface area contributed by atoms with Crippen LogP contribution >= 0.6 is 0 Å². The Kier molecular flexibility index (Phi) is 1.48. The Morgan fingerprint density at radius 1 is 1.17 bits per heavy atom. The summed E-state index contributed by atoms with van der Waals surface area (Å²) in [5, 5.41) is 0. The molecule has 0 aromatic carbocycles. The SMILES string of the molecule is Nc1ncc(-c2cnccn2)[nH]1. The van der Waals surface area contributed by atoms with Gasteiger partial charge in [0, 0.05) is 12.4 Å². The maximum Gasteiger partial charge on any atom is 0.197 e. The van der Waals surface area contributed by atoms with E-state index in [2.05, 4.69) is 19.9 Å². The highest BCUT2D eigenvalue weighted by Gasteiger charge is 2.00. The van der Waals surface area contributed by atoms with Crippen molar-refractivity contribution in [1.82, 2.24) is 19.9 Å². The molecule has 0 aliphatic heterocycles. The van der Waals surface area contributed by atoms with E-state index in [9.17, 15) is 0 Å². The zero-order valence-corrected chi connectivity index (χ0v) is 6.23. The molecule has 60 valence electrons. The van der Waals surface area contributed by atoms with Crippen LogP contribution in [0.1, 0.15) is 0 Å². The molecular formula is C7H7N5. The van der Waals surface area contributed by atoms with Crippen molar-refractivity contribution >= 4 is 5.95 Å². The molecule has 0 unspecified atom stereocenters. The maximum absolute atomic E-state index is 5.40. The van der Waals surface area contributed by atoms with E-state index in [-0.39, 0.29) is 0 Å². The van der Waals surface area contributed by atoms with Crippen molar-refractivity contribution in [2.24, 2.45) is 0 Å². The number of nitrogens with two attached hydrogens (primary N) is 1. The van der Waals surface area contributed by atoms with E-state index in [1.165, 1.54) is 0 Å². The second kappa shape index (κ2) is 2.61. The first-order valence-electron chi connectivity index (χ1n) is 3.43. The number of aromatic nitrogens is 4. The topological polar surface area (TPSA) is 80.5 Å². The average Bonchev–Trinajstić information content (AvgIpc) is 2.54. The maximum atomic E-state index is 5.40. The van der Waals surface area contributed by atoms with Crippen LogP contribution in [0.3, 0.4) is 0 Å². The lowest BCUT2D eigenvalue weighted by Gasteiger charge is -1.92. The van der Waals surface area contributed by atoms with Crippen LogP contribution in [-0.4, -0.2) is 19.9 Å². The van der Waals surface area contributed by atoms with Gasteiger partial charge in [-0.05, 0) is 0 Å². The third-order valence-electron chi connectivity index (χ3n) is 1.43. The van der Waals surface area contributed by atoms with Crippen LogP contribution < -0.4 is 5.73 Å². The van der Waals surface area contributed by atoms with Crippen LogP contribution in [0.2, 0.25) is 0 Å². The second-order valence-corrected chi connectivity index (χ2v) is 2.27. The van der Waals surface area contributed by atoms with E-state index in [0.717, 1.165) is 11.4 Å². The molecular weight excluding hydrogens is 154 g/mol. The predicted molar refractivity (Wildman–Crippen MR) is 44.0 cm³/mol. The van der Waals surface area contributed by atoms with Crippen LogP contribution in [0.5, 0.6) is 0 Å². The van der Waals surface area contributed by atoms with Gasteiger partial charge in [-0.2, -0.15) is 0 Å². The fourth-order valence-electron chi connectivity index (χ4n) is 0.905. The predicted octanol–water partition coefficient (Wildman–Crippen LogP) is 0.449. The number of nitrogens with zero attached hydrogens (tertiary/aromatic N) is 3. The van der Waals surface area contributed by atoms with Gasteiger partial charge in [0.25, 0.3) is 0 Å². The number of hydrogen-bond acceptors (Lipinski definition) is 4. The summed E-state index contributed by atoms with van der Waals surface area (Å²) in [6.07, 6.45) is 6.50. The highest BCUT2D eigenvalue weighted by atomic mass is 15.0. The van der Waals surface area contributed by atoms with Crippen LogP contribution in [0.25, 0.3) is 11.4 Å². The van der Waals surface area contributed by atoms with E-state index in [0.29, 0.717) is 5.95 Å². The van der Waals surface area contributed by atoms with Gasteiger partial charge in [-0.3, -0.25) is 9.97 Å². The van der Waals surface area contributed by atoms with Crippen molar-refractivity contribution in [2.75, 3.05) is 5.73 Å². The lowest BCUT2D eigenvalue weighted by atomic mass is 10.3. The van der Waals surface area contributed by atoms with E-state index in [4.69, 9.17) is 5.73 Å². The van der Waals surface area contributed by atoms with Gasteiger partial charge in [0.05, 0.1) is 18.1 Å². The molecule has 0 aliphatic carbocycles. The number of aromatic amines is 1. The van der Waals surface area contributed by atoms with Gasteiger partial charge in [-0.1, -0.05) is 0 Å². The van der Waals surface area contributed by atoms with Crippen molar-refractivity contribution in [2.45, 2.75) is 0 Å². The third kappa shape index (κ3) is 1.12. The van der Waals surface area contributed by atoms with Gasteiger partial charge in [0.2, 0.25) is 0 Å². The minimum absolute atomic E-state index is 0.385. The third-order valence-corrected chi connectivity index (χ3v) is 1.43. The van der Waals surface area contributed by atoms with E-state index >= 15 is 0 Å². The number of nitrogen functional groups attached to an aromatic ring is 1. The molecule has 0 aliphatic rings. The second-order valence-electron chi connectivity index (χ2n) is 2.27. The van der Waals surface area contributed by atoms with Crippen molar-refractivity contribution in [3.8, 4) is 11.4 Å². The van der Waals surface area contributed by atoms with Crippen molar-refractivity contribution in [1.29, 1.82) is 0 Å². The number of nitrogens with one attached hydrogen (secondary N) is 1. The van der Waals surface area contributed by atoms with Gasteiger partial charge in [0.1, 0.15) is 5.69 Å². The lowest BCUT2D eigenvalue weighted by molar-refractivity contribution is 1.19. The van der Waals surface area contributed by atoms with Gasteiger partial charge >= 0.3 is 0 Å². The molecule has 0 atom stereocenters. The summed E-state index contributed by atoms with van der Waals surface area (Å²) in [7, 11) is 0. The van der Waals surface area contributed by atoms with Gasteiger partial charge in [-0.25, -0.2) is 4.98 Å². The molecule has 2 aromatic rings. The van der Waals surface area contributed by atoms with Crippen molar-refractivity contribution in [3.63, 3.8) is 0 Å². The smallest absolute Gasteiger partial charge is 0.197 e. The monoisotopic (exact) mass is 161 g/mol. The van der Waals surface area contributed by atoms with Gasteiger partial charge in [-0.15, -0.1) is 0 Å². The van der Waals surface area contributed by atoms with E-state index in [1.807, 2.05) is 0 Å². The molecule has 3 N–H and O–H groups in total. The molecule has 0 saturated heterocycles. The largest absolute Gasteiger partial charge is 0.369 e. The normalized spacial score (nSPS) is 10.0. The average molecular weight is 161 g/mol. The minimum atomic E-state index is 0.385. The Hall–Kier alpha value is -1.91. The Bertz CT molecular complexity index is 366. The summed E-state index contributed by atoms with van der Waals surface area (Å²) in [6.45, 7) is 0. The molecule has 2 rings (SSSR count). The molecule has 5 heteroatoms. The number of imidazole rings is 1. The molecule has 12 heavy (non-hydrogen) atoms. The summed E-state index contributed by atoms with van der Waals surface area (Å²) in [5.74, 6) is 0.385. The molecule has 0 amide bonds. The lowest BCUT2D eigenvalue weighted by Crippen LogP contribution is -1.87. The fraction of sp³-hybridized carbons (Fsp3) is 0. The Morgan fingerprint density at radius 2 is 2.08 bits per heavy atom. The van der Waals surface area contributed by atoms with Crippen LogP contribution in [0.4, 0.5) is 5.95 Å². The van der Waals surface area contributed by atoms with Crippen LogP contribution in [-0.2, 0) is 0 Å². The van der Waals surface area contributed by atoms with Crippen molar-refractivity contribution in [3.05, 3.63) is 24.8 Å². The molecule has 2 aromatic heterocycles. The standard InChI is InChI=1S/C7H7N5/c8-7-11-4-6(12-7)5-3-9-1-2-10-5/h1-4H,(H3,8,11,12). The highest BCUT2D eigenvalue weighted by molar-refractivity contribution is 5.53. The zero-order chi connectivity index (χ0) is 8.39. The van der Waals surface area contributed by atoms with Crippen LogP contribution in [0.15, 0.2) is 24.8 Å². The van der Waals surface area contributed by atoms with Gasteiger partial charge in [0.15, 0.2) is 5.95 Å². The summed E-state index contributed by atoms with van der Waals surface area (Å²) in [5.41, 5.74) is 6.92. The first kappa shape index (κ1) is 6.78. The summed E-state index contributed by atoms with van der Waals surface area (Å²) in [6, 6.07) is 0. The fourth-order valence-corrected chi connectivity index (χ4v) is 0.905. The first-order chi connectivity index (χ1) is 5.86. The number of rotatable bonds is 1. The summed E-state index contributed by atoms with van der Waals surface area (Å²) in [4.78, 5) is 14.7. The number of H-pyrrole nitrogens is 1. The zero-order valence-electron chi connectivity index (χ0n) is 6.23. The number of anilines is 1. The molecule has 5 nitrogen and oxygen atoms in total. The Labute approximate surface area is 68.7 Å².